The van der Waals surface area contributed by atoms with E-state index >= 15 is 0 Å². The van der Waals surface area contributed by atoms with Crippen LogP contribution in [0.3, 0.4) is 0 Å². The molecule has 1 aliphatic heterocycles. The number of nitrogens with one attached hydrogen (secondary N) is 2. The van der Waals surface area contributed by atoms with Crippen LogP contribution in [0.5, 0.6) is 0 Å². The van der Waals surface area contributed by atoms with Gasteiger partial charge in [0.05, 0.1) is 13.2 Å². The largest absolute Gasteiger partial charge is 0.378 e. The summed E-state index contributed by atoms with van der Waals surface area (Å²) in [6, 6.07) is 16.5. The smallest absolute Gasteiger partial charge is 0.239 e. The minimum atomic E-state index is -0.247. The van der Waals surface area contributed by atoms with Gasteiger partial charge in [0.2, 0.25) is 5.91 Å². The number of halogens is 1. The van der Waals surface area contributed by atoms with E-state index in [1.54, 1.807) is 0 Å². The summed E-state index contributed by atoms with van der Waals surface area (Å²) in [7, 11) is 0. The van der Waals surface area contributed by atoms with Crippen molar-refractivity contribution in [3.8, 4) is 11.1 Å². The first-order valence-electron chi connectivity index (χ1n) is 7.97. The molecule has 4 nitrogen and oxygen atoms in total. The average Bonchev–Trinajstić information content (AvgIpc) is 2.61. The van der Waals surface area contributed by atoms with Crippen LogP contribution in [-0.4, -0.2) is 31.7 Å². The number of ether oxygens (including phenoxy) is 1. The van der Waals surface area contributed by atoms with Gasteiger partial charge in [0.25, 0.3) is 0 Å². The lowest BCUT2D eigenvalue weighted by atomic mass is 10.0. The number of aryl methyl sites for hydroxylation is 1. The Morgan fingerprint density at radius 3 is 2.67 bits per heavy atom. The van der Waals surface area contributed by atoms with E-state index in [1.165, 1.54) is 16.7 Å². The van der Waals surface area contributed by atoms with Gasteiger partial charge in [0.15, 0.2) is 0 Å². The molecule has 1 aliphatic rings. The molecule has 0 aromatic heterocycles. The van der Waals surface area contributed by atoms with Crippen molar-refractivity contribution in [2.75, 3.05) is 19.8 Å². The van der Waals surface area contributed by atoms with Crippen molar-refractivity contribution in [1.82, 2.24) is 10.6 Å². The predicted octanol–water partition coefficient (Wildman–Crippen LogP) is 2.69. The van der Waals surface area contributed by atoms with Crippen LogP contribution in [0.15, 0.2) is 48.5 Å². The maximum atomic E-state index is 12.1. The molecule has 2 aromatic rings. The Bertz CT molecular complexity index is 685. The second-order valence-electron chi connectivity index (χ2n) is 5.87. The Morgan fingerprint density at radius 2 is 1.96 bits per heavy atom. The highest BCUT2D eigenvalue weighted by Crippen LogP contribution is 2.21. The number of carbonyl (C=O) groups is 1. The molecule has 1 heterocycles. The van der Waals surface area contributed by atoms with Gasteiger partial charge in [-0.15, -0.1) is 12.4 Å². The molecule has 24 heavy (non-hydrogen) atoms. The zero-order chi connectivity index (χ0) is 16.1. The zero-order valence-corrected chi connectivity index (χ0v) is 14.6. The molecule has 0 bridgehead atoms. The maximum absolute atomic E-state index is 12.1. The molecule has 1 atom stereocenters. The molecule has 1 saturated heterocycles. The Kier molecular flexibility index (Phi) is 6.79. The van der Waals surface area contributed by atoms with E-state index in [2.05, 4.69) is 54.0 Å². The van der Waals surface area contributed by atoms with E-state index in [4.69, 9.17) is 4.74 Å². The van der Waals surface area contributed by atoms with Crippen LogP contribution in [0.25, 0.3) is 11.1 Å². The highest BCUT2D eigenvalue weighted by Gasteiger charge is 2.20. The number of hydrogen-bond donors (Lipinski definition) is 2. The standard InChI is InChI=1S/C19H22N2O2.ClH/c1-14-4-2-6-16(10-14)17-7-3-5-15(11-17)12-21-19(22)18-13-23-9-8-20-18;/h2-7,10-11,18,20H,8-9,12-13H2,1H3,(H,21,22);1H. The molecule has 128 valence electrons. The molecular weight excluding hydrogens is 324 g/mol. The minimum Gasteiger partial charge on any atom is -0.378 e. The van der Waals surface area contributed by atoms with Crippen molar-refractivity contribution in [2.24, 2.45) is 0 Å². The van der Waals surface area contributed by atoms with E-state index in [0.29, 0.717) is 19.8 Å². The van der Waals surface area contributed by atoms with E-state index in [9.17, 15) is 4.79 Å². The molecule has 1 fully saturated rings. The fourth-order valence-electron chi connectivity index (χ4n) is 2.73. The van der Waals surface area contributed by atoms with Gasteiger partial charge in [-0.05, 0) is 29.7 Å². The van der Waals surface area contributed by atoms with Gasteiger partial charge in [-0.3, -0.25) is 4.79 Å². The zero-order valence-electron chi connectivity index (χ0n) is 13.7. The van der Waals surface area contributed by atoms with Crippen molar-refractivity contribution < 1.29 is 9.53 Å². The summed E-state index contributed by atoms with van der Waals surface area (Å²) in [6.45, 7) is 4.45. The summed E-state index contributed by atoms with van der Waals surface area (Å²) >= 11 is 0. The van der Waals surface area contributed by atoms with Crippen LogP contribution in [0.1, 0.15) is 11.1 Å². The molecule has 0 aliphatic carbocycles. The van der Waals surface area contributed by atoms with E-state index < -0.39 is 0 Å². The second-order valence-corrected chi connectivity index (χ2v) is 5.87. The molecule has 0 spiro atoms. The topological polar surface area (TPSA) is 50.4 Å². The minimum absolute atomic E-state index is 0. The third-order valence-electron chi connectivity index (χ3n) is 3.98. The second kappa shape index (κ2) is 8.83. The molecule has 0 radical (unpaired) electrons. The van der Waals surface area contributed by atoms with E-state index in [0.717, 1.165) is 12.1 Å². The van der Waals surface area contributed by atoms with Gasteiger partial charge in [-0.25, -0.2) is 0 Å². The maximum Gasteiger partial charge on any atom is 0.239 e. The summed E-state index contributed by atoms with van der Waals surface area (Å²) in [5.41, 5.74) is 4.69. The summed E-state index contributed by atoms with van der Waals surface area (Å²) in [4.78, 5) is 12.1. The van der Waals surface area contributed by atoms with Gasteiger partial charge >= 0.3 is 0 Å². The highest BCUT2D eigenvalue weighted by molar-refractivity contribution is 5.85. The summed E-state index contributed by atoms with van der Waals surface area (Å²) in [5, 5.41) is 6.14. The molecule has 1 unspecified atom stereocenters. The van der Waals surface area contributed by atoms with Crippen molar-refractivity contribution in [3.63, 3.8) is 0 Å². The Balaban J connectivity index is 0.00000208. The lowest BCUT2D eigenvalue weighted by Gasteiger charge is -2.22. The van der Waals surface area contributed by atoms with Crippen LogP contribution < -0.4 is 10.6 Å². The molecule has 3 rings (SSSR count). The number of rotatable bonds is 4. The number of morpholine rings is 1. The SMILES string of the molecule is Cc1cccc(-c2cccc(CNC(=O)C3COCCN3)c2)c1.Cl. The van der Waals surface area contributed by atoms with Crippen LogP contribution >= 0.6 is 12.4 Å². The van der Waals surface area contributed by atoms with Gasteiger partial charge in [0.1, 0.15) is 6.04 Å². The Hall–Kier alpha value is -1.88. The van der Waals surface area contributed by atoms with Gasteiger partial charge < -0.3 is 15.4 Å². The monoisotopic (exact) mass is 346 g/mol. The van der Waals surface area contributed by atoms with Crippen LogP contribution in [0.2, 0.25) is 0 Å². The third kappa shape index (κ3) is 4.81. The lowest BCUT2D eigenvalue weighted by molar-refractivity contribution is -0.126. The van der Waals surface area contributed by atoms with Gasteiger partial charge in [-0.2, -0.15) is 0 Å². The predicted molar refractivity (Wildman–Crippen MR) is 98.3 cm³/mol. The number of carbonyl (C=O) groups excluding carboxylic acids is 1. The fourth-order valence-corrected chi connectivity index (χ4v) is 2.73. The van der Waals surface area contributed by atoms with Crippen LogP contribution in [-0.2, 0) is 16.1 Å². The van der Waals surface area contributed by atoms with Crippen molar-refractivity contribution >= 4 is 18.3 Å². The summed E-state index contributed by atoms with van der Waals surface area (Å²) < 4.78 is 5.32. The Morgan fingerprint density at radius 1 is 1.21 bits per heavy atom. The number of benzene rings is 2. The average molecular weight is 347 g/mol. The first kappa shape index (κ1) is 18.5. The molecule has 5 heteroatoms. The number of amides is 1. The highest BCUT2D eigenvalue weighted by atomic mass is 35.5. The fraction of sp³-hybridized carbons (Fsp3) is 0.316. The molecule has 0 saturated carbocycles. The van der Waals surface area contributed by atoms with E-state index in [-0.39, 0.29) is 24.4 Å². The molecule has 2 N–H and O–H groups in total. The lowest BCUT2D eigenvalue weighted by Crippen LogP contribution is -2.51. The normalized spacial score (nSPS) is 17.0. The summed E-state index contributed by atoms with van der Waals surface area (Å²) in [5.74, 6) is -0.00865. The summed E-state index contributed by atoms with van der Waals surface area (Å²) in [6.07, 6.45) is 0. The van der Waals surface area contributed by atoms with Crippen molar-refractivity contribution in [2.45, 2.75) is 19.5 Å². The third-order valence-corrected chi connectivity index (χ3v) is 3.98. The van der Waals surface area contributed by atoms with Crippen molar-refractivity contribution in [3.05, 3.63) is 59.7 Å². The quantitative estimate of drug-likeness (QED) is 0.895. The van der Waals surface area contributed by atoms with Gasteiger partial charge in [-0.1, -0.05) is 48.0 Å². The van der Waals surface area contributed by atoms with Gasteiger partial charge in [0, 0.05) is 13.1 Å². The molecule has 2 aromatic carbocycles. The Labute approximate surface area is 149 Å². The van der Waals surface area contributed by atoms with E-state index in [1.807, 2.05) is 12.1 Å². The molecule has 1 amide bonds. The van der Waals surface area contributed by atoms with Crippen LogP contribution in [0, 0.1) is 6.92 Å². The first-order chi connectivity index (χ1) is 11.2. The number of hydrogen-bond acceptors (Lipinski definition) is 3. The first-order valence-corrected chi connectivity index (χ1v) is 7.97. The van der Waals surface area contributed by atoms with Crippen LogP contribution in [0.4, 0.5) is 0 Å². The molecular formula is C19H23ClN2O2. The van der Waals surface area contributed by atoms with Crippen molar-refractivity contribution in [1.29, 1.82) is 0 Å².